The summed E-state index contributed by atoms with van der Waals surface area (Å²) in [5.74, 6) is 2.12. The molecule has 2 amide bonds. The summed E-state index contributed by atoms with van der Waals surface area (Å²) in [5.41, 5.74) is 1.34. The highest BCUT2D eigenvalue weighted by Crippen LogP contribution is 2.31. The van der Waals surface area contributed by atoms with Gasteiger partial charge < -0.3 is 19.5 Å². The number of amides is 2. The fourth-order valence-electron chi connectivity index (χ4n) is 2.83. The van der Waals surface area contributed by atoms with Crippen LogP contribution in [0.25, 0.3) is 17.0 Å². The van der Waals surface area contributed by atoms with Crippen molar-refractivity contribution in [2.45, 2.75) is 0 Å². The molecule has 0 spiro atoms. The lowest BCUT2D eigenvalue weighted by Crippen LogP contribution is -2.32. The minimum absolute atomic E-state index is 0.254. The van der Waals surface area contributed by atoms with E-state index in [-0.39, 0.29) is 12.6 Å². The Balaban J connectivity index is 1.42. The van der Waals surface area contributed by atoms with Gasteiger partial charge in [0.15, 0.2) is 23.0 Å². The molecule has 0 aliphatic heterocycles. The lowest BCUT2D eigenvalue weighted by molar-refractivity contribution is 0.246. The number of fused-ring (bicyclic) bond motifs is 1. The van der Waals surface area contributed by atoms with Crippen molar-refractivity contribution in [3.63, 3.8) is 0 Å². The third-order valence-electron chi connectivity index (χ3n) is 4.28. The molecule has 2 N–H and O–H groups in total. The van der Waals surface area contributed by atoms with Crippen LogP contribution in [0, 0.1) is 0 Å². The molecule has 0 atom stereocenters. The molecular weight excluding hydrogens is 420 g/mol. The van der Waals surface area contributed by atoms with Gasteiger partial charge in [-0.1, -0.05) is 0 Å². The first kappa shape index (κ1) is 20.4. The number of nitrogens with zero attached hydrogens (tertiary/aromatic N) is 4. The van der Waals surface area contributed by atoms with Gasteiger partial charge in [-0.2, -0.15) is 4.52 Å². The van der Waals surface area contributed by atoms with Crippen molar-refractivity contribution >= 4 is 28.0 Å². The average molecular weight is 440 g/mol. The summed E-state index contributed by atoms with van der Waals surface area (Å²) < 4.78 is 17.9. The monoisotopic (exact) mass is 440 g/mol. The van der Waals surface area contributed by atoms with Gasteiger partial charge in [-0.05, 0) is 41.8 Å². The van der Waals surface area contributed by atoms with Crippen molar-refractivity contribution in [1.29, 1.82) is 0 Å². The second-order valence-electron chi connectivity index (χ2n) is 6.24. The van der Waals surface area contributed by atoms with E-state index >= 15 is 0 Å². The Morgan fingerprint density at radius 3 is 2.74 bits per heavy atom. The van der Waals surface area contributed by atoms with Crippen molar-refractivity contribution in [2.24, 2.45) is 0 Å². The summed E-state index contributed by atoms with van der Waals surface area (Å²) in [6, 6.07) is 12.3. The predicted molar refractivity (Wildman–Crippen MR) is 116 cm³/mol. The molecule has 0 saturated heterocycles. The van der Waals surface area contributed by atoms with Crippen molar-refractivity contribution < 1.29 is 19.0 Å². The fraction of sp³-hybridized carbons (Fsp3) is 0.200. The zero-order valence-corrected chi connectivity index (χ0v) is 17.7. The summed E-state index contributed by atoms with van der Waals surface area (Å²) in [7, 11) is 3.15. The third kappa shape index (κ3) is 4.67. The van der Waals surface area contributed by atoms with Crippen LogP contribution in [-0.2, 0) is 0 Å². The molecule has 0 fully saturated rings. The quantitative estimate of drug-likeness (QED) is 0.405. The van der Waals surface area contributed by atoms with E-state index in [1.165, 1.54) is 11.3 Å². The molecule has 0 aliphatic rings. The maximum Gasteiger partial charge on any atom is 0.319 e. The van der Waals surface area contributed by atoms with E-state index in [0.29, 0.717) is 35.4 Å². The van der Waals surface area contributed by atoms with Crippen LogP contribution in [0.4, 0.5) is 9.80 Å². The number of ether oxygens (including phenoxy) is 3. The van der Waals surface area contributed by atoms with Gasteiger partial charge in [0, 0.05) is 11.6 Å². The molecule has 0 radical (unpaired) electrons. The van der Waals surface area contributed by atoms with Gasteiger partial charge in [-0.15, -0.1) is 26.6 Å². The molecule has 3 aromatic heterocycles. The Bertz CT molecular complexity index is 1180. The molecule has 1 aromatic carbocycles. The number of hydrogen-bond acceptors (Lipinski definition) is 8. The summed E-state index contributed by atoms with van der Waals surface area (Å²) in [6.45, 7) is 0.575. The maximum absolute atomic E-state index is 11.8. The van der Waals surface area contributed by atoms with Crippen LogP contribution in [0.3, 0.4) is 0 Å². The Hall–Kier alpha value is -3.86. The second-order valence-corrected chi connectivity index (χ2v) is 7.19. The van der Waals surface area contributed by atoms with Crippen LogP contribution >= 0.6 is 11.3 Å². The minimum atomic E-state index is -0.288. The third-order valence-corrected chi connectivity index (χ3v) is 5.06. The van der Waals surface area contributed by atoms with Crippen LogP contribution < -0.4 is 24.8 Å². The van der Waals surface area contributed by atoms with Crippen molar-refractivity contribution in [2.75, 3.05) is 32.7 Å². The molecular formula is C20H20N6O4S. The first-order valence-electron chi connectivity index (χ1n) is 9.34. The molecule has 160 valence electrons. The Morgan fingerprint density at radius 1 is 1.10 bits per heavy atom. The number of thiophene rings is 1. The standard InChI is InChI=1S/C20H20N6O4S/c1-28-14-6-5-13(12-15(14)29-2)19-24-23-16-7-8-17(25-26(16)19)30-10-9-21-20(27)22-18-4-3-11-31-18/h3-8,11-12H,9-10H2,1-2H3,(H2,21,22,27). The van der Waals surface area contributed by atoms with E-state index in [0.717, 1.165) is 10.6 Å². The van der Waals surface area contributed by atoms with Gasteiger partial charge in [-0.3, -0.25) is 5.32 Å². The summed E-state index contributed by atoms with van der Waals surface area (Å²) in [6.07, 6.45) is 0. The molecule has 0 unspecified atom stereocenters. The number of nitrogens with one attached hydrogen (secondary N) is 2. The van der Waals surface area contributed by atoms with E-state index in [2.05, 4.69) is 25.9 Å². The number of benzene rings is 1. The molecule has 0 bridgehead atoms. The van der Waals surface area contributed by atoms with Gasteiger partial charge in [-0.25, -0.2) is 4.79 Å². The van der Waals surface area contributed by atoms with Gasteiger partial charge >= 0.3 is 6.03 Å². The molecule has 3 heterocycles. The van der Waals surface area contributed by atoms with Crippen molar-refractivity contribution in [1.82, 2.24) is 25.1 Å². The number of rotatable bonds is 8. The lowest BCUT2D eigenvalue weighted by Gasteiger charge is -2.09. The number of anilines is 1. The summed E-state index contributed by atoms with van der Waals surface area (Å²) >= 11 is 1.45. The van der Waals surface area contributed by atoms with E-state index in [4.69, 9.17) is 14.2 Å². The topological polar surface area (TPSA) is 112 Å². The van der Waals surface area contributed by atoms with Crippen LogP contribution in [-0.4, -0.2) is 53.2 Å². The normalized spacial score (nSPS) is 10.6. The highest BCUT2D eigenvalue weighted by Gasteiger charge is 2.13. The second kappa shape index (κ2) is 9.30. The van der Waals surface area contributed by atoms with Crippen LogP contribution in [0.15, 0.2) is 47.8 Å². The Labute approximate surface area is 181 Å². The van der Waals surface area contributed by atoms with Crippen molar-refractivity contribution in [3.05, 3.63) is 47.8 Å². The van der Waals surface area contributed by atoms with E-state index in [9.17, 15) is 4.79 Å². The van der Waals surface area contributed by atoms with Gasteiger partial charge in [0.1, 0.15) is 6.61 Å². The molecule has 0 saturated carbocycles. The highest BCUT2D eigenvalue weighted by molar-refractivity contribution is 7.14. The minimum Gasteiger partial charge on any atom is -0.493 e. The number of hydrogen-bond donors (Lipinski definition) is 2. The Kier molecular flexibility index (Phi) is 6.13. The van der Waals surface area contributed by atoms with Crippen LogP contribution in [0.2, 0.25) is 0 Å². The van der Waals surface area contributed by atoms with Gasteiger partial charge in [0.05, 0.1) is 25.8 Å². The van der Waals surface area contributed by atoms with Crippen molar-refractivity contribution in [3.8, 4) is 28.8 Å². The van der Waals surface area contributed by atoms with Gasteiger partial charge in [0.25, 0.3) is 0 Å². The summed E-state index contributed by atoms with van der Waals surface area (Å²) in [4.78, 5) is 11.8. The first-order chi connectivity index (χ1) is 15.2. The molecule has 4 aromatic rings. The number of carbonyl (C=O) groups excluding carboxylic acids is 1. The zero-order valence-electron chi connectivity index (χ0n) is 16.9. The Morgan fingerprint density at radius 2 is 1.97 bits per heavy atom. The van der Waals surface area contributed by atoms with Crippen LogP contribution in [0.1, 0.15) is 0 Å². The maximum atomic E-state index is 11.8. The molecule has 0 aliphatic carbocycles. The number of methoxy groups -OCH3 is 2. The zero-order chi connectivity index (χ0) is 21.6. The van der Waals surface area contributed by atoms with E-state index in [1.54, 1.807) is 43.0 Å². The van der Waals surface area contributed by atoms with E-state index < -0.39 is 0 Å². The smallest absolute Gasteiger partial charge is 0.319 e. The highest BCUT2D eigenvalue weighted by atomic mass is 32.1. The molecule has 31 heavy (non-hydrogen) atoms. The SMILES string of the molecule is COc1ccc(-c2nnc3ccc(OCCNC(=O)Nc4cccs4)nn23)cc1OC. The van der Waals surface area contributed by atoms with Gasteiger partial charge in [0.2, 0.25) is 5.88 Å². The fourth-order valence-corrected chi connectivity index (χ4v) is 3.44. The number of urea groups is 1. The first-order valence-corrected chi connectivity index (χ1v) is 10.2. The number of aromatic nitrogens is 4. The van der Waals surface area contributed by atoms with E-state index in [1.807, 2.05) is 23.6 Å². The molecule has 4 rings (SSSR count). The largest absolute Gasteiger partial charge is 0.493 e. The van der Waals surface area contributed by atoms with Crippen LogP contribution in [0.5, 0.6) is 17.4 Å². The average Bonchev–Trinajstić information content (AvgIpc) is 3.45. The lowest BCUT2D eigenvalue weighted by atomic mass is 10.2. The summed E-state index contributed by atoms with van der Waals surface area (Å²) in [5, 5.41) is 21.0. The molecule has 11 heteroatoms. The molecule has 10 nitrogen and oxygen atoms in total. The predicted octanol–water partition coefficient (Wildman–Crippen LogP) is 3.07. The number of carbonyl (C=O) groups is 1.